The largest absolute Gasteiger partial charge is 0.456 e. The Hall–Kier alpha value is -5.39. The Kier molecular flexibility index (Phi) is 5.03. The van der Waals surface area contributed by atoms with Gasteiger partial charge in [0.15, 0.2) is 5.58 Å². The van der Waals surface area contributed by atoms with Crippen molar-refractivity contribution in [2.24, 2.45) is 0 Å². The number of anilines is 3. The molecule has 0 atom stereocenters. The second-order valence-electron chi connectivity index (χ2n) is 10.4. The molecule has 0 aliphatic carbocycles. The molecule has 0 spiro atoms. The van der Waals surface area contributed by atoms with Crippen LogP contribution in [0.1, 0.15) is 0 Å². The number of oxazole rings is 1. The molecule has 4 nitrogen and oxygen atoms in total. The summed E-state index contributed by atoms with van der Waals surface area (Å²) in [4.78, 5) is 7.08. The van der Waals surface area contributed by atoms with Gasteiger partial charge in [-0.25, -0.2) is 4.98 Å². The number of rotatable bonds is 4. The van der Waals surface area contributed by atoms with E-state index in [0.29, 0.717) is 5.89 Å². The minimum Gasteiger partial charge on any atom is -0.456 e. The Bertz CT molecular complexity index is 2420. The van der Waals surface area contributed by atoms with Crippen LogP contribution in [-0.4, -0.2) is 4.98 Å². The van der Waals surface area contributed by atoms with E-state index in [4.69, 9.17) is 13.8 Å². The smallest absolute Gasteiger partial charge is 0.227 e. The fraction of sp³-hybridized carbons (Fsp3) is 0. The van der Waals surface area contributed by atoms with Gasteiger partial charge in [-0.3, -0.25) is 0 Å². The molecule has 5 heteroatoms. The molecule has 0 amide bonds. The fourth-order valence-corrected chi connectivity index (χ4v) is 7.01. The minimum atomic E-state index is 0.643. The van der Waals surface area contributed by atoms with Crippen molar-refractivity contribution in [1.29, 1.82) is 0 Å². The molecule has 0 saturated carbocycles. The Morgan fingerprint density at radius 3 is 2.07 bits per heavy atom. The highest BCUT2D eigenvalue weighted by Gasteiger charge is 2.18. The first-order chi connectivity index (χ1) is 20.8. The Balaban J connectivity index is 1.22. The summed E-state index contributed by atoms with van der Waals surface area (Å²) in [6.45, 7) is 0. The average molecular weight is 559 g/mol. The lowest BCUT2D eigenvalue weighted by Gasteiger charge is -2.25. The van der Waals surface area contributed by atoms with Crippen LogP contribution in [0.5, 0.6) is 0 Å². The van der Waals surface area contributed by atoms with Crippen molar-refractivity contribution in [3.05, 3.63) is 133 Å². The number of fused-ring (bicyclic) bond motifs is 7. The summed E-state index contributed by atoms with van der Waals surface area (Å²) in [7, 11) is 0. The summed E-state index contributed by atoms with van der Waals surface area (Å²) in [6, 6.07) is 46.2. The van der Waals surface area contributed by atoms with Gasteiger partial charge in [0.25, 0.3) is 0 Å². The van der Waals surface area contributed by atoms with Crippen LogP contribution in [0.25, 0.3) is 64.7 Å². The second kappa shape index (κ2) is 9.06. The van der Waals surface area contributed by atoms with Crippen molar-refractivity contribution in [1.82, 2.24) is 4.98 Å². The minimum absolute atomic E-state index is 0.643. The van der Waals surface area contributed by atoms with Crippen molar-refractivity contribution in [2.75, 3.05) is 4.90 Å². The maximum atomic E-state index is 6.26. The highest BCUT2D eigenvalue weighted by Crippen LogP contribution is 2.43. The molecule has 0 aliphatic rings. The molecule has 0 bridgehead atoms. The van der Waals surface area contributed by atoms with E-state index < -0.39 is 0 Å². The first-order valence-corrected chi connectivity index (χ1v) is 14.7. The average Bonchev–Trinajstić information content (AvgIpc) is 3.73. The lowest BCUT2D eigenvalue weighted by Crippen LogP contribution is -2.09. The summed E-state index contributed by atoms with van der Waals surface area (Å²) in [5.74, 6) is 0.643. The van der Waals surface area contributed by atoms with E-state index in [1.165, 1.54) is 20.2 Å². The van der Waals surface area contributed by atoms with E-state index in [-0.39, 0.29) is 0 Å². The van der Waals surface area contributed by atoms with E-state index >= 15 is 0 Å². The van der Waals surface area contributed by atoms with E-state index in [1.807, 2.05) is 48.5 Å². The first-order valence-electron chi connectivity index (χ1n) is 13.9. The molecule has 0 aliphatic heterocycles. The standard InChI is InChI=1S/C37H22N2O2S/c1-3-9-23(10-4-1)37-38-31-22-36-30(21-34(31)41-37)29-19-25(16-18-35(29)42-36)39(24-11-5-2-6-12-24)26-15-17-28-27-13-7-8-14-32(27)40-33(28)20-26/h1-22H. The maximum Gasteiger partial charge on any atom is 0.227 e. The topological polar surface area (TPSA) is 42.4 Å². The number of aromatic nitrogens is 1. The first kappa shape index (κ1) is 23.3. The van der Waals surface area contributed by atoms with Crippen LogP contribution in [-0.2, 0) is 0 Å². The van der Waals surface area contributed by atoms with Crippen LogP contribution in [0, 0.1) is 0 Å². The summed E-state index contributed by atoms with van der Waals surface area (Å²) in [6.07, 6.45) is 0. The Labute approximate surface area is 244 Å². The van der Waals surface area contributed by atoms with Gasteiger partial charge in [-0.2, -0.15) is 0 Å². The van der Waals surface area contributed by atoms with Gasteiger partial charge >= 0.3 is 0 Å². The second-order valence-corrected chi connectivity index (χ2v) is 11.5. The van der Waals surface area contributed by atoms with E-state index in [1.54, 1.807) is 11.3 Å². The number of benzene rings is 6. The summed E-state index contributed by atoms with van der Waals surface area (Å²) in [5, 5.41) is 4.61. The van der Waals surface area contributed by atoms with Gasteiger partial charge in [0.2, 0.25) is 5.89 Å². The van der Waals surface area contributed by atoms with Gasteiger partial charge in [0.05, 0.1) is 0 Å². The van der Waals surface area contributed by atoms with Crippen molar-refractivity contribution < 1.29 is 8.83 Å². The molecule has 3 aromatic heterocycles. The molecule has 0 N–H and O–H groups in total. The van der Waals surface area contributed by atoms with Gasteiger partial charge in [-0.1, -0.05) is 54.6 Å². The lowest BCUT2D eigenvalue weighted by molar-refractivity contribution is 0.620. The van der Waals surface area contributed by atoms with Crippen molar-refractivity contribution in [2.45, 2.75) is 0 Å². The van der Waals surface area contributed by atoms with Crippen molar-refractivity contribution >= 4 is 81.6 Å². The molecule has 42 heavy (non-hydrogen) atoms. The van der Waals surface area contributed by atoms with E-state index in [2.05, 4.69) is 89.8 Å². The van der Waals surface area contributed by atoms with Crippen molar-refractivity contribution in [3.8, 4) is 11.5 Å². The molecule has 9 aromatic rings. The number of furan rings is 1. The van der Waals surface area contributed by atoms with Crippen LogP contribution in [0.15, 0.2) is 142 Å². The van der Waals surface area contributed by atoms with Crippen LogP contribution in [0.2, 0.25) is 0 Å². The van der Waals surface area contributed by atoms with Gasteiger partial charge in [-0.15, -0.1) is 11.3 Å². The third-order valence-corrected chi connectivity index (χ3v) is 9.01. The van der Waals surface area contributed by atoms with E-state index in [9.17, 15) is 0 Å². The number of hydrogen-bond donors (Lipinski definition) is 0. The Morgan fingerprint density at radius 1 is 0.476 bits per heavy atom. The SMILES string of the molecule is c1ccc(-c2nc3cc4sc5ccc(N(c6ccccc6)c6ccc7c(c6)oc6ccccc67)cc5c4cc3o2)cc1. The summed E-state index contributed by atoms with van der Waals surface area (Å²) in [5.41, 5.74) is 7.61. The van der Waals surface area contributed by atoms with Crippen LogP contribution >= 0.6 is 11.3 Å². The maximum absolute atomic E-state index is 6.26. The highest BCUT2D eigenvalue weighted by molar-refractivity contribution is 7.25. The third kappa shape index (κ3) is 3.64. The summed E-state index contributed by atoms with van der Waals surface area (Å²) >= 11 is 1.78. The number of nitrogens with zero attached hydrogens (tertiary/aromatic N) is 2. The highest BCUT2D eigenvalue weighted by atomic mass is 32.1. The predicted octanol–water partition coefficient (Wildman–Crippen LogP) is 11.2. The molecule has 198 valence electrons. The van der Waals surface area contributed by atoms with Crippen molar-refractivity contribution in [3.63, 3.8) is 0 Å². The monoisotopic (exact) mass is 558 g/mol. The number of para-hydroxylation sites is 2. The normalized spacial score (nSPS) is 11.8. The molecule has 0 fully saturated rings. The van der Waals surface area contributed by atoms with Crippen LogP contribution in [0.3, 0.4) is 0 Å². The third-order valence-electron chi connectivity index (χ3n) is 7.88. The Morgan fingerprint density at radius 2 is 1.19 bits per heavy atom. The quantitative estimate of drug-likeness (QED) is 0.215. The van der Waals surface area contributed by atoms with E-state index in [0.717, 1.165) is 55.7 Å². The zero-order chi connectivity index (χ0) is 27.6. The molecule has 0 saturated heterocycles. The molecular weight excluding hydrogens is 536 g/mol. The molecule has 0 unspecified atom stereocenters. The fourth-order valence-electron chi connectivity index (χ4n) is 5.91. The van der Waals surface area contributed by atoms with Gasteiger partial charge in [-0.05, 0) is 72.8 Å². The zero-order valence-electron chi connectivity index (χ0n) is 22.3. The zero-order valence-corrected chi connectivity index (χ0v) is 23.1. The lowest BCUT2D eigenvalue weighted by atomic mass is 10.1. The van der Waals surface area contributed by atoms with Crippen LogP contribution in [0.4, 0.5) is 17.1 Å². The summed E-state index contributed by atoms with van der Waals surface area (Å²) < 4.78 is 14.9. The predicted molar refractivity (Wildman–Crippen MR) is 174 cm³/mol. The number of hydrogen-bond acceptors (Lipinski definition) is 5. The molecule has 9 rings (SSSR count). The molecule has 0 radical (unpaired) electrons. The van der Waals surface area contributed by atoms with Gasteiger partial charge in [0.1, 0.15) is 16.7 Å². The number of thiophene rings is 1. The van der Waals surface area contributed by atoms with Crippen LogP contribution < -0.4 is 4.90 Å². The molecule has 6 aromatic carbocycles. The van der Waals surface area contributed by atoms with Gasteiger partial charge < -0.3 is 13.7 Å². The molecule has 3 heterocycles. The van der Waals surface area contributed by atoms with Gasteiger partial charge in [0, 0.05) is 59.6 Å². The molecular formula is C37H22N2O2S.